The van der Waals surface area contributed by atoms with E-state index in [4.69, 9.17) is 5.73 Å². The van der Waals surface area contributed by atoms with Gasteiger partial charge in [-0.25, -0.2) is 0 Å². The summed E-state index contributed by atoms with van der Waals surface area (Å²) in [4.78, 5) is 0. The molecular formula is C11H17BrN6S. The largest absolute Gasteiger partial charge is 0.324 e. The van der Waals surface area contributed by atoms with Crippen LogP contribution in [-0.4, -0.2) is 24.5 Å². The van der Waals surface area contributed by atoms with Crippen LogP contribution in [-0.2, 0) is 32.8 Å². The molecule has 2 aromatic rings. The summed E-state index contributed by atoms with van der Waals surface area (Å²) in [7, 11) is 3.89. The zero-order valence-corrected chi connectivity index (χ0v) is 13.6. The molecule has 19 heavy (non-hydrogen) atoms. The summed E-state index contributed by atoms with van der Waals surface area (Å²) >= 11 is 5.25. The van der Waals surface area contributed by atoms with Crippen molar-refractivity contribution in [3.05, 3.63) is 21.7 Å². The van der Waals surface area contributed by atoms with Crippen molar-refractivity contribution in [2.45, 2.75) is 30.8 Å². The van der Waals surface area contributed by atoms with E-state index in [0.717, 1.165) is 39.0 Å². The van der Waals surface area contributed by atoms with E-state index in [1.807, 2.05) is 23.3 Å². The lowest BCUT2D eigenvalue weighted by Gasteiger charge is -2.03. The van der Waals surface area contributed by atoms with Crippen molar-refractivity contribution in [1.29, 1.82) is 0 Å². The number of nitrogens with zero attached hydrogens (tertiary/aromatic N) is 5. The van der Waals surface area contributed by atoms with Gasteiger partial charge in [0.1, 0.15) is 5.82 Å². The smallest absolute Gasteiger partial charge is 0.191 e. The molecule has 6 nitrogen and oxygen atoms in total. The van der Waals surface area contributed by atoms with Gasteiger partial charge in [0.2, 0.25) is 0 Å². The number of rotatable bonds is 5. The Labute approximate surface area is 124 Å². The summed E-state index contributed by atoms with van der Waals surface area (Å²) in [5.41, 5.74) is 7.82. The summed E-state index contributed by atoms with van der Waals surface area (Å²) in [5.74, 6) is 1.58. The Kier molecular flexibility index (Phi) is 4.64. The van der Waals surface area contributed by atoms with Gasteiger partial charge in [0.25, 0.3) is 0 Å². The van der Waals surface area contributed by atoms with E-state index in [-0.39, 0.29) is 0 Å². The third-order valence-corrected chi connectivity index (χ3v) is 4.90. The van der Waals surface area contributed by atoms with Crippen LogP contribution >= 0.6 is 27.7 Å². The Bertz CT molecular complexity index is 576. The maximum atomic E-state index is 5.59. The van der Waals surface area contributed by atoms with Crippen LogP contribution in [0.2, 0.25) is 0 Å². The van der Waals surface area contributed by atoms with E-state index >= 15 is 0 Å². The van der Waals surface area contributed by atoms with E-state index < -0.39 is 0 Å². The monoisotopic (exact) mass is 344 g/mol. The lowest BCUT2D eigenvalue weighted by atomic mass is 10.3. The molecule has 0 saturated heterocycles. The topological polar surface area (TPSA) is 74.6 Å². The van der Waals surface area contributed by atoms with Crippen LogP contribution in [0.5, 0.6) is 0 Å². The molecule has 0 unspecified atom stereocenters. The number of thioether (sulfide) groups is 1. The molecule has 0 bridgehead atoms. The van der Waals surface area contributed by atoms with Gasteiger partial charge in [0.15, 0.2) is 5.16 Å². The average Bonchev–Trinajstić information content (AvgIpc) is 2.88. The fourth-order valence-electron chi connectivity index (χ4n) is 1.76. The van der Waals surface area contributed by atoms with Crippen molar-refractivity contribution >= 4 is 27.7 Å². The Morgan fingerprint density at radius 1 is 1.32 bits per heavy atom. The lowest BCUT2D eigenvalue weighted by molar-refractivity contribution is 0.715. The maximum absolute atomic E-state index is 5.59. The van der Waals surface area contributed by atoms with Gasteiger partial charge >= 0.3 is 0 Å². The number of hydrogen-bond donors (Lipinski definition) is 1. The highest BCUT2D eigenvalue weighted by Crippen LogP contribution is 2.28. The molecule has 0 amide bonds. The molecule has 2 N–H and O–H groups in total. The van der Waals surface area contributed by atoms with Crippen LogP contribution in [0.1, 0.15) is 24.1 Å². The summed E-state index contributed by atoms with van der Waals surface area (Å²) < 4.78 is 4.93. The fraction of sp³-hybridized carbons (Fsp3) is 0.545. The first kappa shape index (κ1) is 14.5. The van der Waals surface area contributed by atoms with Crippen molar-refractivity contribution in [1.82, 2.24) is 24.5 Å². The molecule has 104 valence electrons. The predicted molar refractivity (Wildman–Crippen MR) is 78.7 cm³/mol. The minimum Gasteiger partial charge on any atom is -0.324 e. The van der Waals surface area contributed by atoms with Gasteiger partial charge in [-0.15, -0.1) is 10.2 Å². The number of aromatic nitrogens is 5. The van der Waals surface area contributed by atoms with Gasteiger partial charge in [-0.05, 0) is 22.4 Å². The van der Waals surface area contributed by atoms with Crippen molar-refractivity contribution in [3.8, 4) is 0 Å². The highest BCUT2D eigenvalue weighted by Gasteiger charge is 2.14. The quantitative estimate of drug-likeness (QED) is 0.834. The van der Waals surface area contributed by atoms with Crippen LogP contribution in [0, 0.1) is 0 Å². The van der Waals surface area contributed by atoms with E-state index in [2.05, 4.69) is 38.1 Å². The van der Waals surface area contributed by atoms with Crippen LogP contribution in [0.3, 0.4) is 0 Å². The number of halogens is 1. The Hall–Kier alpha value is -0.860. The van der Waals surface area contributed by atoms with E-state index in [1.54, 1.807) is 11.8 Å². The third kappa shape index (κ3) is 2.85. The molecular weight excluding hydrogens is 328 g/mol. The molecule has 2 heterocycles. The van der Waals surface area contributed by atoms with Gasteiger partial charge in [0, 0.05) is 19.8 Å². The Morgan fingerprint density at radius 2 is 2.05 bits per heavy atom. The zero-order valence-electron chi connectivity index (χ0n) is 11.2. The fourth-order valence-corrected chi connectivity index (χ4v) is 3.69. The van der Waals surface area contributed by atoms with E-state index in [0.29, 0.717) is 6.54 Å². The summed E-state index contributed by atoms with van der Waals surface area (Å²) in [6.45, 7) is 2.50. The molecule has 2 aromatic heterocycles. The molecule has 0 aliphatic heterocycles. The number of aryl methyl sites for hydroxylation is 2. The van der Waals surface area contributed by atoms with Gasteiger partial charge in [0.05, 0.1) is 22.4 Å². The summed E-state index contributed by atoms with van der Waals surface area (Å²) in [6, 6.07) is 0. The van der Waals surface area contributed by atoms with Crippen molar-refractivity contribution in [2.75, 3.05) is 0 Å². The van der Waals surface area contributed by atoms with Crippen LogP contribution in [0.25, 0.3) is 0 Å². The SMILES string of the molecule is CCc1nn(C)c(CSc2nnc(CN)n2C)c1Br. The first-order chi connectivity index (χ1) is 9.08. The molecule has 0 saturated carbocycles. The second-order valence-corrected chi connectivity index (χ2v) is 5.87. The molecule has 2 rings (SSSR count). The minimum atomic E-state index is 0.402. The highest BCUT2D eigenvalue weighted by atomic mass is 79.9. The van der Waals surface area contributed by atoms with Gasteiger partial charge < -0.3 is 10.3 Å². The van der Waals surface area contributed by atoms with E-state index in [1.165, 1.54) is 0 Å². The zero-order chi connectivity index (χ0) is 14.0. The molecule has 0 spiro atoms. The Balaban J connectivity index is 2.14. The van der Waals surface area contributed by atoms with Crippen LogP contribution < -0.4 is 5.73 Å². The van der Waals surface area contributed by atoms with E-state index in [9.17, 15) is 0 Å². The first-order valence-electron chi connectivity index (χ1n) is 5.99. The van der Waals surface area contributed by atoms with Gasteiger partial charge in [-0.2, -0.15) is 5.10 Å². The average molecular weight is 345 g/mol. The third-order valence-electron chi connectivity index (χ3n) is 2.95. The van der Waals surface area contributed by atoms with Crippen molar-refractivity contribution in [3.63, 3.8) is 0 Å². The van der Waals surface area contributed by atoms with Gasteiger partial charge in [-0.1, -0.05) is 18.7 Å². The second-order valence-electron chi connectivity index (χ2n) is 4.14. The molecule has 0 radical (unpaired) electrons. The normalized spacial score (nSPS) is 11.2. The molecule has 0 aliphatic carbocycles. The van der Waals surface area contributed by atoms with Crippen LogP contribution in [0.4, 0.5) is 0 Å². The van der Waals surface area contributed by atoms with Gasteiger partial charge in [-0.3, -0.25) is 4.68 Å². The molecule has 0 atom stereocenters. The molecule has 0 aromatic carbocycles. The lowest BCUT2D eigenvalue weighted by Crippen LogP contribution is -2.05. The molecule has 8 heteroatoms. The number of hydrogen-bond acceptors (Lipinski definition) is 5. The first-order valence-corrected chi connectivity index (χ1v) is 7.77. The number of nitrogens with two attached hydrogens (primary N) is 1. The second kappa shape index (κ2) is 6.06. The molecule has 0 fully saturated rings. The van der Waals surface area contributed by atoms with Crippen LogP contribution in [0.15, 0.2) is 9.63 Å². The minimum absolute atomic E-state index is 0.402. The Morgan fingerprint density at radius 3 is 2.58 bits per heavy atom. The maximum Gasteiger partial charge on any atom is 0.191 e. The van der Waals surface area contributed by atoms with Crippen molar-refractivity contribution < 1.29 is 0 Å². The predicted octanol–water partition coefficient (Wildman–Crippen LogP) is 1.62. The summed E-state index contributed by atoms with van der Waals surface area (Å²) in [6.07, 6.45) is 0.917. The summed E-state index contributed by atoms with van der Waals surface area (Å²) in [5, 5.41) is 13.5. The molecule has 0 aliphatic rings. The van der Waals surface area contributed by atoms with Crippen molar-refractivity contribution in [2.24, 2.45) is 19.8 Å². The standard InChI is InChI=1S/C11H17BrN6S/c1-4-7-10(12)8(18(3)16-7)6-19-11-15-14-9(5-13)17(11)2/h4-6,13H2,1-3H3. The highest BCUT2D eigenvalue weighted by molar-refractivity contribution is 9.10.